The molecule has 0 aliphatic carbocycles. The van der Waals surface area contributed by atoms with Gasteiger partial charge in [-0.1, -0.05) is 13.8 Å². The minimum atomic E-state index is 0.455. The minimum absolute atomic E-state index is 0.455. The summed E-state index contributed by atoms with van der Waals surface area (Å²) in [5, 5.41) is 4.09. The van der Waals surface area contributed by atoms with Crippen LogP contribution in [0.1, 0.15) is 46.3 Å². The molecule has 1 aromatic rings. The fourth-order valence-corrected chi connectivity index (χ4v) is 2.33. The van der Waals surface area contributed by atoms with Crippen LogP contribution in [0.5, 0.6) is 0 Å². The number of nitrogens with one attached hydrogen (secondary N) is 1. The zero-order valence-corrected chi connectivity index (χ0v) is 12.6. The lowest BCUT2D eigenvalue weighted by atomic mass is 10.1. The average Bonchev–Trinajstić information content (AvgIpc) is 2.89. The van der Waals surface area contributed by atoms with Crippen molar-refractivity contribution in [2.24, 2.45) is 0 Å². The number of rotatable bonds is 6. The zero-order valence-electron chi connectivity index (χ0n) is 11.8. The van der Waals surface area contributed by atoms with E-state index >= 15 is 0 Å². The Hall–Kier alpha value is -1.03. The lowest BCUT2D eigenvalue weighted by molar-refractivity contribution is 0.247. The van der Waals surface area contributed by atoms with Crippen molar-refractivity contribution in [3.63, 3.8) is 0 Å². The summed E-state index contributed by atoms with van der Waals surface area (Å²) < 4.78 is 5.30. The van der Waals surface area contributed by atoms with Gasteiger partial charge in [-0.05, 0) is 51.0 Å². The van der Waals surface area contributed by atoms with Gasteiger partial charge in [-0.15, -0.1) is 0 Å². The van der Waals surface area contributed by atoms with E-state index in [2.05, 4.69) is 37.9 Å². The SMILES string of the molecule is CCC(C)N(C(=S)NCc1ccco1)C(C)CC. The van der Waals surface area contributed by atoms with Gasteiger partial charge >= 0.3 is 0 Å². The van der Waals surface area contributed by atoms with Gasteiger partial charge < -0.3 is 14.6 Å². The van der Waals surface area contributed by atoms with Crippen molar-refractivity contribution in [3.05, 3.63) is 24.2 Å². The van der Waals surface area contributed by atoms with Gasteiger partial charge in [0.15, 0.2) is 5.11 Å². The second-order valence-electron chi connectivity index (χ2n) is 4.66. The second-order valence-corrected chi connectivity index (χ2v) is 5.05. The molecule has 18 heavy (non-hydrogen) atoms. The van der Waals surface area contributed by atoms with Crippen LogP contribution in [-0.2, 0) is 6.54 Å². The molecule has 2 unspecified atom stereocenters. The molecule has 2 atom stereocenters. The normalized spacial score (nSPS) is 14.0. The molecule has 1 heterocycles. The lowest BCUT2D eigenvalue weighted by Crippen LogP contribution is -2.49. The third kappa shape index (κ3) is 4.02. The van der Waals surface area contributed by atoms with Gasteiger partial charge in [0.2, 0.25) is 0 Å². The van der Waals surface area contributed by atoms with Gasteiger partial charge in [-0.2, -0.15) is 0 Å². The third-order valence-corrected chi connectivity index (χ3v) is 3.71. The lowest BCUT2D eigenvalue weighted by Gasteiger charge is -2.36. The van der Waals surface area contributed by atoms with E-state index in [0.29, 0.717) is 18.6 Å². The van der Waals surface area contributed by atoms with Crippen LogP contribution in [0.25, 0.3) is 0 Å². The van der Waals surface area contributed by atoms with Crippen molar-refractivity contribution in [1.29, 1.82) is 0 Å². The highest BCUT2D eigenvalue weighted by molar-refractivity contribution is 7.80. The van der Waals surface area contributed by atoms with Crippen molar-refractivity contribution in [1.82, 2.24) is 10.2 Å². The fraction of sp³-hybridized carbons (Fsp3) is 0.643. The zero-order chi connectivity index (χ0) is 13.5. The van der Waals surface area contributed by atoms with Crippen molar-refractivity contribution >= 4 is 17.3 Å². The summed E-state index contributed by atoms with van der Waals surface area (Å²) in [6.07, 6.45) is 3.86. The van der Waals surface area contributed by atoms with E-state index in [1.807, 2.05) is 12.1 Å². The monoisotopic (exact) mass is 268 g/mol. The molecule has 0 fully saturated rings. The van der Waals surface area contributed by atoms with Gasteiger partial charge in [0.05, 0.1) is 12.8 Å². The van der Waals surface area contributed by atoms with Gasteiger partial charge in [0, 0.05) is 12.1 Å². The highest BCUT2D eigenvalue weighted by atomic mass is 32.1. The minimum Gasteiger partial charge on any atom is -0.467 e. The number of hydrogen-bond donors (Lipinski definition) is 1. The second kappa shape index (κ2) is 7.41. The van der Waals surface area contributed by atoms with Crippen molar-refractivity contribution in [2.75, 3.05) is 0 Å². The molecular weight excluding hydrogens is 244 g/mol. The van der Waals surface area contributed by atoms with Crippen LogP contribution >= 0.6 is 12.2 Å². The van der Waals surface area contributed by atoms with Crippen LogP contribution in [0.15, 0.2) is 22.8 Å². The van der Waals surface area contributed by atoms with Crippen LogP contribution in [0.3, 0.4) is 0 Å². The van der Waals surface area contributed by atoms with Crippen molar-refractivity contribution < 1.29 is 4.42 Å². The van der Waals surface area contributed by atoms with E-state index in [1.54, 1.807) is 6.26 Å². The summed E-state index contributed by atoms with van der Waals surface area (Å²) in [4.78, 5) is 2.29. The van der Waals surface area contributed by atoms with Crippen LogP contribution in [0, 0.1) is 0 Å². The van der Waals surface area contributed by atoms with Gasteiger partial charge in [0.25, 0.3) is 0 Å². The Morgan fingerprint density at radius 1 is 1.33 bits per heavy atom. The van der Waals surface area contributed by atoms with Gasteiger partial charge in [0.1, 0.15) is 5.76 Å². The molecular formula is C14H24N2OS. The van der Waals surface area contributed by atoms with Crippen LogP contribution in [-0.4, -0.2) is 22.1 Å². The Kier molecular flexibility index (Phi) is 6.19. The van der Waals surface area contributed by atoms with E-state index in [0.717, 1.165) is 23.7 Å². The number of nitrogens with zero attached hydrogens (tertiary/aromatic N) is 1. The molecule has 4 heteroatoms. The Balaban J connectivity index is 2.58. The highest BCUT2D eigenvalue weighted by Crippen LogP contribution is 2.12. The smallest absolute Gasteiger partial charge is 0.169 e. The first kappa shape index (κ1) is 15.0. The Labute approximate surface area is 116 Å². The molecule has 0 aliphatic heterocycles. The number of thiocarbonyl (C=S) groups is 1. The van der Waals surface area contributed by atoms with E-state index in [4.69, 9.17) is 16.6 Å². The van der Waals surface area contributed by atoms with E-state index in [-0.39, 0.29) is 0 Å². The maximum Gasteiger partial charge on any atom is 0.169 e. The number of furan rings is 1. The predicted octanol–water partition coefficient (Wildman–Crippen LogP) is 3.55. The Bertz CT molecular complexity index is 341. The molecule has 1 rings (SSSR count). The third-order valence-electron chi connectivity index (χ3n) is 3.36. The fourth-order valence-electron chi connectivity index (χ4n) is 1.90. The standard InChI is InChI=1S/C14H24N2OS/c1-5-11(3)16(12(4)6-2)14(18)15-10-13-8-7-9-17-13/h7-9,11-12H,5-6,10H2,1-4H3,(H,15,18). The quantitative estimate of drug-likeness (QED) is 0.799. The summed E-state index contributed by atoms with van der Waals surface area (Å²) in [6, 6.07) is 4.75. The summed E-state index contributed by atoms with van der Waals surface area (Å²) in [7, 11) is 0. The molecule has 0 bridgehead atoms. The maximum absolute atomic E-state index is 5.51. The van der Waals surface area contributed by atoms with E-state index in [9.17, 15) is 0 Å². The molecule has 3 nitrogen and oxygen atoms in total. The largest absolute Gasteiger partial charge is 0.467 e. The molecule has 0 amide bonds. The maximum atomic E-state index is 5.51. The Morgan fingerprint density at radius 2 is 1.94 bits per heavy atom. The molecule has 102 valence electrons. The molecule has 0 spiro atoms. The first-order valence-corrected chi connectivity index (χ1v) is 7.09. The number of hydrogen-bond acceptors (Lipinski definition) is 2. The predicted molar refractivity (Wildman–Crippen MR) is 79.5 cm³/mol. The summed E-state index contributed by atoms with van der Waals surface area (Å²) in [6.45, 7) is 9.46. The molecule has 1 N–H and O–H groups in total. The molecule has 0 saturated heterocycles. The molecule has 0 aliphatic rings. The van der Waals surface area contributed by atoms with Gasteiger partial charge in [-0.25, -0.2) is 0 Å². The van der Waals surface area contributed by atoms with Crippen molar-refractivity contribution in [2.45, 2.75) is 59.2 Å². The molecule has 0 saturated carbocycles. The Morgan fingerprint density at radius 3 is 2.39 bits per heavy atom. The first-order chi connectivity index (χ1) is 8.60. The van der Waals surface area contributed by atoms with E-state index in [1.165, 1.54) is 0 Å². The van der Waals surface area contributed by atoms with Crippen LogP contribution in [0.2, 0.25) is 0 Å². The van der Waals surface area contributed by atoms with Crippen molar-refractivity contribution in [3.8, 4) is 0 Å². The van der Waals surface area contributed by atoms with Gasteiger partial charge in [-0.3, -0.25) is 0 Å². The first-order valence-electron chi connectivity index (χ1n) is 6.68. The summed E-state index contributed by atoms with van der Waals surface area (Å²) in [5.74, 6) is 0.908. The molecule has 0 radical (unpaired) electrons. The summed E-state index contributed by atoms with van der Waals surface area (Å²) >= 11 is 5.51. The molecule has 1 aromatic heterocycles. The van der Waals surface area contributed by atoms with E-state index < -0.39 is 0 Å². The molecule has 0 aromatic carbocycles. The average molecular weight is 268 g/mol. The summed E-state index contributed by atoms with van der Waals surface area (Å²) in [5.41, 5.74) is 0. The highest BCUT2D eigenvalue weighted by Gasteiger charge is 2.20. The van der Waals surface area contributed by atoms with Crippen LogP contribution < -0.4 is 5.32 Å². The topological polar surface area (TPSA) is 28.4 Å². The van der Waals surface area contributed by atoms with Crippen LogP contribution in [0.4, 0.5) is 0 Å².